The predicted octanol–water partition coefficient (Wildman–Crippen LogP) is 2.66. The van der Waals surface area contributed by atoms with Gasteiger partial charge < -0.3 is 16.4 Å². The minimum Gasteiger partial charge on any atom is -0.398 e. The van der Waals surface area contributed by atoms with Crippen molar-refractivity contribution >= 4 is 28.9 Å². The van der Waals surface area contributed by atoms with E-state index in [1.165, 1.54) is 0 Å². The highest BCUT2D eigenvalue weighted by Gasteiger charge is 2.10. The van der Waals surface area contributed by atoms with Gasteiger partial charge in [-0.3, -0.25) is 4.79 Å². The first-order valence-electron chi connectivity index (χ1n) is 6.13. The van der Waals surface area contributed by atoms with Gasteiger partial charge in [-0.2, -0.15) is 0 Å². The normalized spacial score (nSPS) is 10.3. The third-order valence-electron chi connectivity index (χ3n) is 3.12. The van der Waals surface area contributed by atoms with Crippen molar-refractivity contribution in [3.63, 3.8) is 0 Å². The van der Waals surface area contributed by atoms with Gasteiger partial charge in [0.1, 0.15) is 0 Å². The van der Waals surface area contributed by atoms with Crippen LogP contribution in [0.1, 0.15) is 15.9 Å². The van der Waals surface area contributed by atoms with Crippen LogP contribution < -0.4 is 16.4 Å². The lowest BCUT2D eigenvalue weighted by molar-refractivity contribution is 0.100. The molecule has 4 nitrogen and oxygen atoms in total. The van der Waals surface area contributed by atoms with Crippen LogP contribution in [-0.4, -0.2) is 13.0 Å². The van der Waals surface area contributed by atoms with Gasteiger partial charge in [-0.25, -0.2) is 0 Å². The molecule has 5 heteroatoms. The van der Waals surface area contributed by atoms with E-state index in [-0.39, 0.29) is 0 Å². The standard InChI is InChI=1S/C15H16ClN3O/c1-19(9-10-4-2-3-5-14(10)17)11-6-7-12(15(18)20)13(16)8-11/h2-8H,9,17H2,1H3,(H2,18,20). The van der Waals surface area contributed by atoms with Gasteiger partial charge in [-0.15, -0.1) is 0 Å². The summed E-state index contributed by atoms with van der Waals surface area (Å²) in [4.78, 5) is 13.1. The summed E-state index contributed by atoms with van der Waals surface area (Å²) in [5.41, 5.74) is 14.2. The van der Waals surface area contributed by atoms with Crippen molar-refractivity contribution < 1.29 is 4.79 Å². The number of nitrogens with zero attached hydrogens (tertiary/aromatic N) is 1. The SMILES string of the molecule is CN(Cc1ccccc1N)c1ccc(C(N)=O)c(Cl)c1. The van der Waals surface area contributed by atoms with Crippen molar-refractivity contribution in [2.75, 3.05) is 17.7 Å². The van der Waals surface area contributed by atoms with E-state index in [0.29, 0.717) is 17.1 Å². The zero-order valence-corrected chi connectivity index (χ0v) is 11.9. The molecule has 0 aliphatic carbocycles. The first kappa shape index (κ1) is 14.2. The molecule has 0 aliphatic rings. The second-order valence-corrected chi connectivity index (χ2v) is 4.99. The van der Waals surface area contributed by atoms with Crippen LogP contribution in [-0.2, 0) is 6.54 Å². The van der Waals surface area contributed by atoms with E-state index < -0.39 is 5.91 Å². The van der Waals surface area contributed by atoms with Crippen LogP contribution in [0.5, 0.6) is 0 Å². The maximum Gasteiger partial charge on any atom is 0.250 e. The highest BCUT2D eigenvalue weighted by atomic mass is 35.5. The maximum atomic E-state index is 11.1. The molecule has 4 N–H and O–H groups in total. The third-order valence-corrected chi connectivity index (χ3v) is 3.43. The molecule has 0 fully saturated rings. The van der Waals surface area contributed by atoms with Gasteiger partial charge in [-0.05, 0) is 29.8 Å². The van der Waals surface area contributed by atoms with E-state index in [0.717, 1.165) is 16.9 Å². The maximum absolute atomic E-state index is 11.1. The number of carbonyl (C=O) groups is 1. The summed E-state index contributed by atoms with van der Waals surface area (Å²) in [6, 6.07) is 12.9. The van der Waals surface area contributed by atoms with Crippen LogP contribution in [0.2, 0.25) is 5.02 Å². The monoisotopic (exact) mass is 289 g/mol. The number of benzene rings is 2. The molecular formula is C15H16ClN3O. The van der Waals surface area contributed by atoms with Gasteiger partial charge in [0.15, 0.2) is 0 Å². The summed E-state index contributed by atoms with van der Waals surface area (Å²) >= 11 is 6.05. The molecular weight excluding hydrogens is 274 g/mol. The second-order valence-electron chi connectivity index (χ2n) is 4.58. The molecule has 0 saturated heterocycles. The fraction of sp³-hybridized carbons (Fsp3) is 0.133. The number of hydrogen-bond donors (Lipinski definition) is 2. The molecule has 0 radical (unpaired) electrons. The first-order valence-corrected chi connectivity index (χ1v) is 6.50. The topological polar surface area (TPSA) is 72.3 Å². The molecule has 0 spiro atoms. The van der Waals surface area contributed by atoms with E-state index in [4.69, 9.17) is 23.1 Å². The highest BCUT2D eigenvalue weighted by molar-refractivity contribution is 6.34. The van der Waals surface area contributed by atoms with Gasteiger partial charge in [0.05, 0.1) is 10.6 Å². The quantitative estimate of drug-likeness (QED) is 0.850. The van der Waals surface area contributed by atoms with Crippen LogP contribution in [0.3, 0.4) is 0 Å². The Morgan fingerprint density at radius 1 is 1.25 bits per heavy atom. The Labute approximate surface area is 122 Å². The number of anilines is 2. The Morgan fingerprint density at radius 2 is 1.95 bits per heavy atom. The van der Waals surface area contributed by atoms with E-state index >= 15 is 0 Å². The van der Waals surface area contributed by atoms with E-state index in [1.807, 2.05) is 42.3 Å². The largest absolute Gasteiger partial charge is 0.398 e. The van der Waals surface area contributed by atoms with Crippen molar-refractivity contribution in [2.24, 2.45) is 5.73 Å². The number of primary amides is 1. The molecule has 20 heavy (non-hydrogen) atoms. The van der Waals surface area contributed by atoms with Gasteiger partial charge >= 0.3 is 0 Å². The number of carbonyl (C=O) groups excluding carboxylic acids is 1. The molecule has 1 amide bonds. The highest BCUT2D eigenvalue weighted by Crippen LogP contribution is 2.24. The fourth-order valence-corrected chi connectivity index (χ4v) is 2.23. The Balaban J connectivity index is 2.22. The number of rotatable bonds is 4. The average molecular weight is 290 g/mol. The Kier molecular flexibility index (Phi) is 4.15. The molecule has 2 aromatic rings. The smallest absolute Gasteiger partial charge is 0.250 e. The number of para-hydroxylation sites is 1. The van der Waals surface area contributed by atoms with Gasteiger partial charge in [0.25, 0.3) is 0 Å². The molecule has 104 valence electrons. The molecule has 0 aliphatic heterocycles. The number of nitrogen functional groups attached to an aromatic ring is 1. The van der Waals surface area contributed by atoms with Crippen LogP contribution in [0.15, 0.2) is 42.5 Å². The average Bonchev–Trinajstić information content (AvgIpc) is 2.40. The van der Waals surface area contributed by atoms with Crippen molar-refractivity contribution in [2.45, 2.75) is 6.54 Å². The summed E-state index contributed by atoms with van der Waals surface area (Å²) in [7, 11) is 1.93. The summed E-state index contributed by atoms with van der Waals surface area (Å²) in [6.07, 6.45) is 0. The lowest BCUT2D eigenvalue weighted by Crippen LogP contribution is -2.18. The summed E-state index contributed by atoms with van der Waals surface area (Å²) in [6.45, 7) is 0.652. The van der Waals surface area contributed by atoms with E-state index in [2.05, 4.69) is 0 Å². The van der Waals surface area contributed by atoms with Crippen LogP contribution >= 0.6 is 11.6 Å². The molecule has 2 rings (SSSR count). The van der Waals surface area contributed by atoms with Gasteiger partial charge in [0, 0.05) is 25.0 Å². The molecule has 0 atom stereocenters. The summed E-state index contributed by atoms with van der Waals surface area (Å²) in [5, 5.41) is 0.350. The molecule has 0 aromatic heterocycles. The number of hydrogen-bond acceptors (Lipinski definition) is 3. The summed E-state index contributed by atoms with van der Waals surface area (Å²) in [5.74, 6) is -0.531. The Bertz CT molecular complexity index is 643. The van der Waals surface area contributed by atoms with Crippen LogP contribution in [0.25, 0.3) is 0 Å². The minimum absolute atomic E-state index is 0.322. The van der Waals surface area contributed by atoms with Crippen molar-refractivity contribution in [3.05, 3.63) is 58.6 Å². The van der Waals surface area contributed by atoms with Gasteiger partial charge in [-0.1, -0.05) is 29.8 Å². The Morgan fingerprint density at radius 3 is 2.55 bits per heavy atom. The molecule has 0 unspecified atom stereocenters. The first-order chi connectivity index (χ1) is 9.49. The van der Waals surface area contributed by atoms with Crippen molar-refractivity contribution in [1.82, 2.24) is 0 Å². The summed E-state index contributed by atoms with van der Waals surface area (Å²) < 4.78 is 0. The zero-order chi connectivity index (χ0) is 14.7. The lowest BCUT2D eigenvalue weighted by Gasteiger charge is -2.21. The Hall–Kier alpha value is -2.20. The van der Waals surface area contributed by atoms with Crippen LogP contribution in [0, 0.1) is 0 Å². The molecule has 0 bridgehead atoms. The van der Waals surface area contributed by atoms with Crippen molar-refractivity contribution in [1.29, 1.82) is 0 Å². The molecule has 0 heterocycles. The van der Waals surface area contributed by atoms with Crippen molar-refractivity contribution in [3.8, 4) is 0 Å². The predicted molar refractivity (Wildman–Crippen MR) is 82.9 cm³/mol. The van der Waals surface area contributed by atoms with Crippen LogP contribution in [0.4, 0.5) is 11.4 Å². The zero-order valence-electron chi connectivity index (χ0n) is 11.1. The fourth-order valence-electron chi connectivity index (χ4n) is 1.97. The van der Waals surface area contributed by atoms with E-state index in [1.54, 1.807) is 12.1 Å². The third kappa shape index (κ3) is 3.03. The molecule has 0 saturated carbocycles. The molecule has 2 aromatic carbocycles. The second kappa shape index (κ2) is 5.84. The number of halogens is 1. The lowest BCUT2D eigenvalue weighted by atomic mass is 10.1. The number of nitrogens with two attached hydrogens (primary N) is 2. The number of amides is 1. The minimum atomic E-state index is -0.531. The van der Waals surface area contributed by atoms with E-state index in [9.17, 15) is 4.79 Å². The van der Waals surface area contributed by atoms with Gasteiger partial charge in [0.2, 0.25) is 5.91 Å².